The monoisotopic (exact) mass is 442 g/mol. The molecule has 2 aliphatic heterocycles. The lowest BCUT2D eigenvalue weighted by Gasteiger charge is -2.32. The molecule has 166 valence electrons. The number of fused-ring (bicyclic) bond motifs is 1. The average Bonchev–Trinajstić information content (AvgIpc) is 3.16. The van der Waals surface area contributed by atoms with Gasteiger partial charge in [0.2, 0.25) is 16.9 Å². The summed E-state index contributed by atoms with van der Waals surface area (Å²) in [6.07, 6.45) is 11.9. The summed E-state index contributed by atoms with van der Waals surface area (Å²) in [5, 5.41) is 3.38. The largest absolute Gasteiger partial charge is 0.349 e. The number of thiocarbonyl (C=S) groups is 1. The molecule has 4 rings (SSSR count). The van der Waals surface area contributed by atoms with Crippen molar-refractivity contribution in [3.8, 4) is 0 Å². The summed E-state index contributed by atoms with van der Waals surface area (Å²) < 4.78 is 0. The van der Waals surface area contributed by atoms with Gasteiger partial charge in [0.25, 0.3) is 5.91 Å². The first-order valence-corrected chi connectivity index (χ1v) is 11.8. The zero-order chi connectivity index (χ0) is 22.0. The second-order valence-electron chi connectivity index (χ2n) is 8.93. The number of hydrogen-bond acceptors (Lipinski definition) is 4. The quantitative estimate of drug-likeness (QED) is 0.641. The van der Waals surface area contributed by atoms with Crippen molar-refractivity contribution in [2.45, 2.75) is 57.9 Å². The first kappa shape index (κ1) is 21.9. The Hall–Kier alpha value is -2.35. The van der Waals surface area contributed by atoms with Crippen LogP contribution in [-0.2, 0) is 14.4 Å². The van der Waals surface area contributed by atoms with E-state index < -0.39 is 5.92 Å². The van der Waals surface area contributed by atoms with E-state index in [1.165, 1.54) is 11.3 Å². The van der Waals surface area contributed by atoms with Crippen LogP contribution >= 0.6 is 12.2 Å². The molecule has 3 amide bonds. The average molecular weight is 443 g/mol. The van der Waals surface area contributed by atoms with Crippen LogP contribution in [0, 0.1) is 11.8 Å². The van der Waals surface area contributed by atoms with Gasteiger partial charge in [-0.2, -0.15) is 0 Å². The summed E-state index contributed by atoms with van der Waals surface area (Å²) in [6.45, 7) is 4.05. The van der Waals surface area contributed by atoms with E-state index in [1.807, 2.05) is 4.90 Å². The van der Waals surface area contributed by atoms with Gasteiger partial charge in [0.15, 0.2) is 0 Å². The molecule has 0 spiro atoms. The number of aliphatic imine (C=N–C) groups is 1. The van der Waals surface area contributed by atoms with Gasteiger partial charge in [-0.3, -0.25) is 19.3 Å². The predicted octanol–water partition coefficient (Wildman–Crippen LogP) is 2.37. The van der Waals surface area contributed by atoms with Crippen LogP contribution in [0.3, 0.4) is 0 Å². The number of nitrogens with zero attached hydrogens (tertiary/aromatic N) is 3. The normalized spacial score (nSPS) is 28.4. The van der Waals surface area contributed by atoms with Gasteiger partial charge < -0.3 is 10.2 Å². The van der Waals surface area contributed by atoms with E-state index in [9.17, 15) is 14.4 Å². The number of likely N-dealkylation sites (tertiary alicyclic amines) is 1. The van der Waals surface area contributed by atoms with Crippen molar-refractivity contribution in [2.75, 3.05) is 19.6 Å². The summed E-state index contributed by atoms with van der Waals surface area (Å²) in [5.74, 6) is -0.0843. The molecule has 0 aromatic heterocycles. The molecule has 2 aliphatic carbocycles. The predicted molar refractivity (Wildman–Crippen MR) is 122 cm³/mol. The Balaban J connectivity index is 1.38. The SMILES string of the molecule is CC1CCCCC1NC(=O)C1=CC2=NC(=S)N(CCCN3CCCC3=O)C(=O)C2C=C1. The van der Waals surface area contributed by atoms with Gasteiger partial charge in [-0.25, -0.2) is 4.99 Å². The fourth-order valence-electron chi connectivity index (χ4n) is 4.83. The fourth-order valence-corrected chi connectivity index (χ4v) is 5.12. The maximum atomic E-state index is 13.0. The number of hydrogen-bond donors (Lipinski definition) is 1. The first-order valence-electron chi connectivity index (χ1n) is 11.4. The molecule has 0 aromatic carbocycles. The summed E-state index contributed by atoms with van der Waals surface area (Å²) in [5.41, 5.74) is 1.05. The third-order valence-electron chi connectivity index (χ3n) is 6.75. The summed E-state index contributed by atoms with van der Waals surface area (Å²) in [7, 11) is 0. The number of carbonyl (C=O) groups excluding carboxylic acids is 3. The highest BCUT2D eigenvalue weighted by molar-refractivity contribution is 7.80. The van der Waals surface area contributed by atoms with Crippen LogP contribution < -0.4 is 5.32 Å². The number of rotatable bonds is 6. The molecule has 2 heterocycles. The second-order valence-corrected chi connectivity index (χ2v) is 9.29. The molecule has 1 N–H and O–H groups in total. The molecule has 31 heavy (non-hydrogen) atoms. The van der Waals surface area contributed by atoms with Crippen molar-refractivity contribution in [2.24, 2.45) is 16.8 Å². The fraction of sp³-hybridized carbons (Fsp3) is 0.609. The van der Waals surface area contributed by atoms with Crippen LogP contribution in [-0.4, -0.2) is 64.0 Å². The van der Waals surface area contributed by atoms with E-state index in [0.29, 0.717) is 43.1 Å². The lowest BCUT2D eigenvalue weighted by molar-refractivity contribution is -0.128. The Morgan fingerprint density at radius 3 is 2.77 bits per heavy atom. The van der Waals surface area contributed by atoms with E-state index in [4.69, 9.17) is 12.2 Å². The summed E-state index contributed by atoms with van der Waals surface area (Å²) >= 11 is 5.38. The van der Waals surface area contributed by atoms with Crippen molar-refractivity contribution in [3.05, 3.63) is 23.8 Å². The zero-order valence-electron chi connectivity index (χ0n) is 18.0. The molecule has 0 bridgehead atoms. The summed E-state index contributed by atoms with van der Waals surface area (Å²) in [6, 6.07) is 0.197. The molecule has 3 unspecified atom stereocenters. The van der Waals surface area contributed by atoms with E-state index in [2.05, 4.69) is 17.2 Å². The van der Waals surface area contributed by atoms with Crippen molar-refractivity contribution < 1.29 is 14.4 Å². The van der Waals surface area contributed by atoms with Gasteiger partial charge in [0, 0.05) is 37.7 Å². The topological polar surface area (TPSA) is 82.1 Å². The van der Waals surface area contributed by atoms with Crippen LogP contribution in [0.2, 0.25) is 0 Å². The molecule has 7 nitrogen and oxygen atoms in total. The van der Waals surface area contributed by atoms with Crippen LogP contribution in [0.15, 0.2) is 28.8 Å². The van der Waals surface area contributed by atoms with Crippen LogP contribution in [0.25, 0.3) is 0 Å². The Morgan fingerprint density at radius 2 is 2.03 bits per heavy atom. The van der Waals surface area contributed by atoms with E-state index in [-0.39, 0.29) is 28.9 Å². The lowest BCUT2D eigenvalue weighted by atomic mass is 9.85. The highest BCUT2D eigenvalue weighted by atomic mass is 32.1. The molecular weight excluding hydrogens is 412 g/mol. The van der Waals surface area contributed by atoms with Crippen molar-refractivity contribution >= 4 is 40.8 Å². The molecule has 1 saturated heterocycles. The van der Waals surface area contributed by atoms with Gasteiger partial charge >= 0.3 is 0 Å². The molecule has 8 heteroatoms. The number of allylic oxidation sites excluding steroid dienone is 1. The minimum Gasteiger partial charge on any atom is -0.349 e. The minimum absolute atomic E-state index is 0.115. The minimum atomic E-state index is -0.509. The van der Waals surface area contributed by atoms with Crippen molar-refractivity contribution in [3.63, 3.8) is 0 Å². The molecule has 0 radical (unpaired) electrons. The lowest BCUT2D eigenvalue weighted by Crippen LogP contribution is -2.47. The maximum absolute atomic E-state index is 13.0. The Labute approximate surface area is 188 Å². The number of amides is 3. The molecule has 2 fully saturated rings. The van der Waals surface area contributed by atoms with Crippen LogP contribution in [0.4, 0.5) is 0 Å². The molecule has 1 saturated carbocycles. The Kier molecular flexibility index (Phi) is 6.65. The third-order valence-corrected chi connectivity index (χ3v) is 7.06. The van der Waals surface area contributed by atoms with Gasteiger partial charge in [-0.1, -0.05) is 31.9 Å². The smallest absolute Gasteiger partial charge is 0.251 e. The van der Waals surface area contributed by atoms with Gasteiger partial charge in [-0.05, 0) is 49.9 Å². The van der Waals surface area contributed by atoms with Gasteiger partial charge in [0.1, 0.15) is 0 Å². The van der Waals surface area contributed by atoms with E-state index >= 15 is 0 Å². The molecular formula is C23H30N4O3S. The van der Waals surface area contributed by atoms with Crippen LogP contribution in [0.1, 0.15) is 51.9 Å². The number of nitrogens with one attached hydrogen (secondary N) is 1. The molecule has 4 aliphatic rings. The van der Waals surface area contributed by atoms with Crippen molar-refractivity contribution in [1.29, 1.82) is 0 Å². The molecule has 0 aromatic rings. The Bertz CT molecular complexity index is 878. The first-order chi connectivity index (χ1) is 14.9. The highest BCUT2D eigenvalue weighted by Crippen LogP contribution is 2.26. The van der Waals surface area contributed by atoms with E-state index in [1.54, 1.807) is 18.2 Å². The summed E-state index contributed by atoms with van der Waals surface area (Å²) in [4.78, 5) is 45.3. The second kappa shape index (κ2) is 9.42. The van der Waals surface area contributed by atoms with Gasteiger partial charge in [0.05, 0.1) is 11.6 Å². The van der Waals surface area contributed by atoms with E-state index in [0.717, 1.165) is 32.2 Å². The zero-order valence-corrected chi connectivity index (χ0v) is 18.8. The standard InChI is InChI=1S/C23H30N4O3S/c1-15-6-2-3-7-18(15)24-21(29)16-9-10-17-19(14-16)25-23(31)27(22(17)30)13-5-12-26-11-4-8-20(26)28/h9-10,14-15,17-18H,2-8,11-13H2,1H3,(H,24,29). The van der Waals surface area contributed by atoms with Crippen LogP contribution in [0.5, 0.6) is 0 Å². The third kappa shape index (κ3) is 4.79. The van der Waals surface area contributed by atoms with Gasteiger partial charge in [-0.15, -0.1) is 0 Å². The maximum Gasteiger partial charge on any atom is 0.251 e. The number of carbonyl (C=O) groups is 3. The van der Waals surface area contributed by atoms with Crippen molar-refractivity contribution in [1.82, 2.24) is 15.1 Å². The molecule has 3 atom stereocenters. The highest BCUT2D eigenvalue weighted by Gasteiger charge is 2.35. The Morgan fingerprint density at radius 1 is 1.23 bits per heavy atom.